The van der Waals surface area contributed by atoms with Gasteiger partial charge in [0.1, 0.15) is 18.5 Å². The second kappa shape index (κ2) is 6.65. The summed E-state index contributed by atoms with van der Waals surface area (Å²) >= 11 is 0. The van der Waals surface area contributed by atoms with Crippen LogP contribution in [-0.2, 0) is 14.9 Å². The first-order valence-electron chi connectivity index (χ1n) is 7.87. The van der Waals surface area contributed by atoms with Gasteiger partial charge >= 0.3 is 0 Å². The van der Waals surface area contributed by atoms with Crippen LogP contribution in [0.25, 0.3) is 11.5 Å². The number of carbonyl (C=O) groups is 1. The molecule has 0 aliphatic carbocycles. The molecule has 0 radical (unpaired) electrons. The van der Waals surface area contributed by atoms with Crippen LogP contribution in [0.2, 0.25) is 0 Å². The molecule has 1 saturated heterocycles. The number of terminal acetylenes is 1. The summed E-state index contributed by atoms with van der Waals surface area (Å²) < 4.78 is 24.3. The number of benzene rings is 1. The summed E-state index contributed by atoms with van der Waals surface area (Å²) in [5.74, 6) is 2.52. The molecule has 2 aromatic rings. The molecule has 7 heteroatoms. The average molecular weight is 343 g/mol. The van der Waals surface area contributed by atoms with E-state index in [4.69, 9.17) is 15.6 Å². The maximum atomic E-state index is 13.3. The minimum Gasteiger partial charge on any atom is -0.420 e. The molecule has 0 bridgehead atoms. The summed E-state index contributed by atoms with van der Waals surface area (Å²) in [7, 11) is 0. The maximum absolute atomic E-state index is 13.3. The molecule has 25 heavy (non-hydrogen) atoms. The summed E-state index contributed by atoms with van der Waals surface area (Å²) in [6.45, 7) is 4.59. The highest BCUT2D eigenvalue weighted by Crippen LogP contribution is 2.35. The fourth-order valence-electron chi connectivity index (χ4n) is 2.79. The van der Waals surface area contributed by atoms with Gasteiger partial charge in [-0.25, -0.2) is 4.39 Å². The number of carbonyl (C=O) groups excluding carboxylic acids is 1. The highest BCUT2D eigenvalue weighted by atomic mass is 19.1. The van der Waals surface area contributed by atoms with Crippen LogP contribution in [0.1, 0.15) is 19.7 Å². The van der Waals surface area contributed by atoms with Crippen LogP contribution in [0.3, 0.4) is 0 Å². The van der Waals surface area contributed by atoms with E-state index in [1.54, 1.807) is 24.0 Å². The molecule has 3 rings (SSSR count). The summed E-state index contributed by atoms with van der Waals surface area (Å²) in [5, 5.41) is 8.06. The SMILES string of the molecule is C#CCOC(C)C(=O)N1CC(C)(c2nnc(-c3cccc(F)c3)o2)C1. The van der Waals surface area contributed by atoms with Gasteiger partial charge in [0, 0.05) is 18.7 Å². The first-order chi connectivity index (χ1) is 11.9. The van der Waals surface area contributed by atoms with Gasteiger partial charge in [0.25, 0.3) is 5.91 Å². The zero-order valence-corrected chi connectivity index (χ0v) is 14.0. The Bertz CT molecular complexity index is 821. The standard InChI is InChI=1S/C18H18FN3O3/c1-4-8-24-12(2)16(23)22-10-18(3,11-22)17-21-20-15(25-17)13-6-5-7-14(19)9-13/h1,5-7,9,12H,8,10-11H2,2-3H3. The number of aromatic nitrogens is 2. The fourth-order valence-corrected chi connectivity index (χ4v) is 2.79. The predicted molar refractivity (Wildman–Crippen MR) is 87.9 cm³/mol. The molecule has 1 aliphatic heterocycles. The molecule has 1 aliphatic rings. The third kappa shape index (κ3) is 3.39. The van der Waals surface area contributed by atoms with Crippen molar-refractivity contribution in [1.29, 1.82) is 0 Å². The van der Waals surface area contributed by atoms with Crippen molar-refractivity contribution in [2.75, 3.05) is 19.7 Å². The Morgan fingerprint density at radius 2 is 2.28 bits per heavy atom. The third-order valence-corrected chi connectivity index (χ3v) is 4.17. The minimum atomic E-state index is -0.592. The van der Waals surface area contributed by atoms with Crippen molar-refractivity contribution in [2.24, 2.45) is 0 Å². The largest absolute Gasteiger partial charge is 0.420 e. The monoisotopic (exact) mass is 343 g/mol. The van der Waals surface area contributed by atoms with Crippen LogP contribution >= 0.6 is 0 Å². The van der Waals surface area contributed by atoms with E-state index in [-0.39, 0.29) is 24.2 Å². The van der Waals surface area contributed by atoms with E-state index in [9.17, 15) is 9.18 Å². The number of nitrogens with zero attached hydrogens (tertiary/aromatic N) is 3. The van der Waals surface area contributed by atoms with E-state index in [2.05, 4.69) is 16.1 Å². The van der Waals surface area contributed by atoms with Crippen LogP contribution < -0.4 is 0 Å². The van der Waals surface area contributed by atoms with E-state index in [0.29, 0.717) is 24.5 Å². The number of likely N-dealkylation sites (tertiary alicyclic amines) is 1. The smallest absolute Gasteiger partial charge is 0.251 e. The highest BCUT2D eigenvalue weighted by molar-refractivity contribution is 5.81. The molecular formula is C18H18FN3O3. The van der Waals surface area contributed by atoms with Crippen LogP contribution in [0.4, 0.5) is 4.39 Å². The molecule has 1 unspecified atom stereocenters. The number of hydrogen-bond acceptors (Lipinski definition) is 5. The quantitative estimate of drug-likeness (QED) is 0.777. The van der Waals surface area contributed by atoms with Crippen molar-refractivity contribution >= 4 is 5.91 Å². The summed E-state index contributed by atoms with van der Waals surface area (Å²) in [4.78, 5) is 13.9. The van der Waals surface area contributed by atoms with Gasteiger partial charge in [-0.2, -0.15) is 0 Å². The Hall–Kier alpha value is -2.72. The third-order valence-electron chi connectivity index (χ3n) is 4.17. The first-order valence-corrected chi connectivity index (χ1v) is 7.87. The van der Waals surface area contributed by atoms with E-state index >= 15 is 0 Å². The number of hydrogen-bond donors (Lipinski definition) is 0. The van der Waals surface area contributed by atoms with Crippen LogP contribution in [0, 0.1) is 18.2 Å². The van der Waals surface area contributed by atoms with Crippen LogP contribution in [0.5, 0.6) is 0 Å². The van der Waals surface area contributed by atoms with Crippen molar-refractivity contribution in [1.82, 2.24) is 15.1 Å². The number of halogens is 1. The van der Waals surface area contributed by atoms with Crippen molar-refractivity contribution in [3.8, 4) is 23.8 Å². The molecule has 1 fully saturated rings. The zero-order chi connectivity index (χ0) is 18.0. The summed E-state index contributed by atoms with van der Waals surface area (Å²) in [5.41, 5.74) is 0.0889. The van der Waals surface area contributed by atoms with Gasteiger partial charge in [0.15, 0.2) is 0 Å². The molecule has 0 saturated carbocycles. The molecule has 6 nitrogen and oxygen atoms in total. The Labute approximate surface area is 145 Å². The van der Waals surface area contributed by atoms with Crippen molar-refractivity contribution in [3.05, 3.63) is 36.0 Å². The van der Waals surface area contributed by atoms with E-state index in [1.165, 1.54) is 12.1 Å². The van der Waals surface area contributed by atoms with Gasteiger partial charge in [0.2, 0.25) is 11.8 Å². The Kier molecular flexibility index (Phi) is 4.55. The maximum Gasteiger partial charge on any atom is 0.251 e. The van der Waals surface area contributed by atoms with Gasteiger partial charge in [-0.1, -0.05) is 12.0 Å². The highest BCUT2D eigenvalue weighted by Gasteiger charge is 2.47. The molecule has 130 valence electrons. The molecule has 1 amide bonds. The molecule has 2 heterocycles. The Balaban J connectivity index is 1.66. The van der Waals surface area contributed by atoms with E-state index < -0.39 is 11.5 Å². The van der Waals surface area contributed by atoms with Crippen molar-refractivity contribution in [3.63, 3.8) is 0 Å². The lowest BCUT2D eigenvalue weighted by molar-refractivity contribution is -0.150. The van der Waals surface area contributed by atoms with Crippen molar-refractivity contribution < 1.29 is 18.3 Å². The Morgan fingerprint density at radius 3 is 2.96 bits per heavy atom. The van der Waals surface area contributed by atoms with Crippen LogP contribution in [-0.4, -0.2) is 46.8 Å². The van der Waals surface area contributed by atoms with E-state index in [0.717, 1.165) is 0 Å². The number of rotatable bonds is 5. The normalized spacial score (nSPS) is 16.8. The van der Waals surface area contributed by atoms with Gasteiger partial charge in [-0.05, 0) is 32.0 Å². The van der Waals surface area contributed by atoms with Gasteiger partial charge in [-0.3, -0.25) is 4.79 Å². The second-order valence-electron chi connectivity index (χ2n) is 6.34. The minimum absolute atomic E-state index is 0.0959. The number of ether oxygens (including phenoxy) is 1. The lowest BCUT2D eigenvalue weighted by Crippen LogP contribution is -2.61. The lowest BCUT2D eigenvalue weighted by atomic mass is 9.81. The van der Waals surface area contributed by atoms with Gasteiger partial charge in [-0.15, -0.1) is 16.6 Å². The molecule has 1 atom stereocenters. The van der Waals surface area contributed by atoms with Crippen LogP contribution in [0.15, 0.2) is 28.7 Å². The predicted octanol–water partition coefficient (Wildman–Crippen LogP) is 2.01. The molecule has 1 aromatic carbocycles. The molecule has 0 N–H and O–H groups in total. The summed E-state index contributed by atoms with van der Waals surface area (Å²) in [6, 6.07) is 5.96. The molecular weight excluding hydrogens is 325 g/mol. The number of amides is 1. The zero-order valence-electron chi connectivity index (χ0n) is 14.0. The van der Waals surface area contributed by atoms with E-state index in [1.807, 2.05) is 6.92 Å². The topological polar surface area (TPSA) is 68.5 Å². The Morgan fingerprint density at radius 1 is 1.52 bits per heavy atom. The first kappa shape index (κ1) is 17.1. The molecule has 0 spiro atoms. The fraction of sp³-hybridized carbons (Fsp3) is 0.389. The second-order valence-corrected chi connectivity index (χ2v) is 6.34. The van der Waals surface area contributed by atoms with Gasteiger partial charge in [0.05, 0.1) is 5.41 Å². The van der Waals surface area contributed by atoms with Gasteiger partial charge < -0.3 is 14.1 Å². The van der Waals surface area contributed by atoms with Crippen molar-refractivity contribution in [2.45, 2.75) is 25.4 Å². The molecule has 1 aromatic heterocycles. The lowest BCUT2D eigenvalue weighted by Gasteiger charge is -2.46. The summed E-state index contributed by atoms with van der Waals surface area (Å²) in [6.07, 6.45) is 4.54. The average Bonchev–Trinajstić information content (AvgIpc) is 3.06.